The highest BCUT2D eigenvalue weighted by molar-refractivity contribution is 5.69. The molecule has 2 aromatic rings. The van der Waals surface area contributed by atoms with Gasteiger partial charge in [-0.05, 0) is 31.4 Å². The molecule has 0 fully saturated rings. The van der Waals surface area contributed by atoms with Gasteiger partial charge in [0.1, 0.15) is 5.82 Å². The van der Waals surface area contributed by atoms with Gasteiger partial charge in [0.2, 0.25) is 0 Å². The van der Waals surface area contributed by atoms with Gasteiger partial charge in [0.05, 0.1) is 5.69 Å². The van der Waals surface area contributed by atoms with Gasteiger partial charge in [0.25, 0.3) is 0 Å². The average molecular weight is 231 g/mol. The molecule has 0 atom stereocenters. The van der Waals surface area contributed by atoms with Gasteiger partial charge in [-0.3, -0.25) is 5.10 Å². The van der Waals surface area contributed by atoms with Gasteiger partial charge in [0.15, 0.2) is 5.82 Å². The summed E-state index contributed by atoms with van der Waals surface area (Å²) in [7, 11) is 0. The number of rotatable bonds is 1. The summed E-state index contributed by atoms with van der Waals surface area (Å²) in [5.74, 6) is 0.670. The predicted molar refractivity (Wildman–Crippen MR) is 65.4 cm³/mol. The fraction of sp³-hybridized carbons (Fsp3) is 0.308. The molecule has 0 radical (unpaired) electrons. The first kappa shape index (κ1) is 10.3. The lowest BCUT2D eigenvalue weighted by molar-refractivity contribution is 0.630. The van der Waals surface area contributed by atoms with E-state index < -0.39 is 0 Å². The Balaban J connectivity index is 2.10. The number of aromatic amines is 1. The van der Waals surface area contributed by atoms with Crippen molar-refractivity contribution in [3.63, 3.8) is 0 Å². The van der Waals surface area contributed by atoms with Crippen molar-refractivity contribution >= 4 is 5.82 Å². The van der Waals surface area contributed by atoms with Crippen LogP contribution in [0.4, 0.5) is 10.2 Å². The molecule has 0 bridgehead atoms. The van der Waals surface area contributed by atoms with Crippen LogP contribution in [0.2, 0.25) is 0 Å². The number of benzene rings is 1. The maximum atomic E-state index is 13.8. The van der Waals surface area contributed by atoms with E-state index in [0.29, 0.717) is 5.56 Å². The average Bonchev–Trinajstić information content (AvgIpc) is 2.59. The maximum Gasteiger partial charge on any atom is 0.151 e. The van der Waals surface area contributed by atoms with Crippen LogP contribution in [-0.4, -0.2) is 16.7 Å². The molecule has 2 N–H and O–H groups in total. The number of nitrogens with one attached hydrogen (secondary N) is 2. The summed E-state index contributed by atoms with van der Waals surface area (Å²) >= 11 is 0. The van der Waals surface area contributed by atoms with Crippen LogP contribution < -0.4 is 5.32 Å². The SMILES string of the molecule is Fc1ccccc1-c1[nH]nc2c1CCCCN2. The second-order valence-corrected chi connectivity index (χ2v) is 4.29. The van der Waals surface area contributed by atoms with E-state index in [1.54, 1.807) is 12.1 Å². The zero-order chi connectivity index (χ0) is 11.7. The number of halogens is 1. The van der Waals surface area contributed by atoms with Gasteiger partial charge in [0, 0.05) is 17.7 Å². The lowest BCUT2D eigenvalue weighted by Crippen LogP contribution is -1.99. The molecule has 17 heavy (non-hydrogen) atoms. The largest absolute Gasteiger partial charge is 0.368 e. The minimum atomic E-state index is -0.205. The molecule has 0 unspecified atom stereocenters. The summed E-state index contributed by atoms with van der Waals surface area (Å²) in [6.07, 6.45) is 3.19. The Labute approximate surface area is 99.1 Å². The Morgan fingerprint density at radius 2 is 2.06 bits per heavy atom. The van der Waals surface area contributed by atoms with E-state index in [0.717, 1.165) is 42.9 Å². The van der Waals surface area contributed by atoms with Crippen molar-refractivity contribution in [1.82, 2.24) is 10.2 Å². The van der Waals surface area contributed by atoms with E-state index in [2.05, 4.69) is 15.5 Å². The molecule has 3 nitrogen and oxygen atoms in total. The highest BCUT2D eigenvalue weighted by Gasteiger charge is 2.18. The van der Waals surface area contributed by atoms with E-state index in [4.69, 9.17) is 0 Å². The van der Waals surface area contributed by atoms with Crippen molar-refractivity contribution in [2.45, 2.75) is 19.3 Å². The number of aromatic nitrogens is 2. The topological polar surface area (TPSA) is 40.7 Å². The smallest absolute Gasteiger partial charge is 0.151 e. The molecule has 1 aliphatic rings. The first-order valence-corrected chi connectivity index (χ1v) is 5.92. The second-order valence-electron chi connectivity index (χ2n) is 4.29. The number of fused-ring (bicyclic) bond motifs is 1. The molecule has 1 aromatic carbocycles. The third-order valence-electron chi connectivity index (χ3n) is 3.16. The van der Waals surface area contributed by atoms with Crippen LogP contribution in [0, 0.1) is 5.82 Å². The zero-order valence-electron chi connectivity index (χ0n) is 9.46. The third-order valence-corrected chi connectivity index (χ3v) is 3.16. The summed E-state index contributed by atoms with van der Waals surface area (Å²) in [5.41, 5.74) is 2.52. The van der Waals surface area contributed by atoms with E-state index in [9.17, 15) is 4.39 Å². The van der Waals surface area contributed by atoms with Gasteiger partial charge in [-0.1, -0.05) is 12.1 Å². The molecule has 0 amide bonds. The lowest BCUT2D eigenvalue weighted by Gasteiger charge is -2.03. The minimum absolute atomic E-state index is 0.205. The van der Waals surface area contributed by atoms with Crippen LogP contribution in [0.3, 0.4) is 0 Å². The van der Waals surface area contributed by atoms with Crippen LogP contribution in [0.25, 0.3) is 11.3 Å². The number of H-pyrrole nitrogens is 1. The van der Waals surface area contributed by atoms with Crippen LogP contribution in [0.15, 0.2) is 24.3 Å². The molecule has 1 aliphatic heterocycles. The first-order chi connectivity index (χ1) is 8.36. The molecular weight excluding hydrogens is 217 g/mol. The Morgan fingerprint density at radius 3 is 2.94 bits per heavy atom. The summed E-state index contributed by atoms with van der Waals surface area (Å²) in [4.78, 5) is 0. The van der Waals surface area contributed by atoms with Gasteiger partial charge in [-0.25, -0.2) is 4.39 Å². The van der Waals surface area contributed by atoms with Gasteiger partial charge >= 0.3 is 0 Å². The van der Waals surface area contributed by atoms with Crippen molar-refractivity contribution in [3.05, 3.63) is 35.6 Å². The molecule has 0 saturated carbocycles. The van der Waals surface area contributed by atoms with Crippen molar-refractivity contribution in [1.29, 1.82) is 0 Å². The first-order valence-electron chi connectivity index (χ1n) is 5.92. The molecule has 0 spiro atoms. The molecule has 0 aliphatic carbocycles. The van der Waals surface area contributed by atoms with E-state index in [1.807, 2.05) is 6.07 Å². The third kappa shape index (κ3) is 1.79. The highest BCUT2D eigenvalue weighted by Crippen LogP contribution is 2.31. The summed E-state index contributed by atoms with van der Waals surface area (Å²) in [5, 5.41) is 10.4. The lowest BCUT2D eigenvalue weighted by atomic mass is 10.0. The second kappa shape index (κ2) is 4.20. The molecule has 4 heteroatoms. The van der Waals surface area contributed by atoms with Gasteiger partial charge in [-0.2, -0.15) is 5.10 Å². The molecular formula is C13H14FN3. The van der Waals surface area contributed by atoms with Crippen molar-refractivity contribution in [2.24, 2.45) is 0 Å². The quantitative estimate of drug-likeness (QED) is 0.792. The Morgan fingerprint density at radius 1 is 1.18 bits per heavy atom. The van der Waals surface area contributed by atoms with Crippen LogP contribution in [-0.2, 0) is 6.42 Å². The molecule has 88 valence electrons. The minimum Gasteiger partial charge on any atom is -0.368 e. The molecule has 1 aromatic heterocycles. The standard InChI is InChI=1S/C13H14FN3/c14-11-7-2-1-5-9(11)12-10-6-3-4-8-15-13(10)17-16-12/h1-2,5,7H,3-4,6,8H2,(H2,15,16,17). The fourth-order valence-corrected chi connectivity index (χ4v) is 2.28. The molecule has 0 saturated heterocycles. The van der Waals surface area contributed by atoms with Crippen molar-refractivity contribution in [2.75, 3.05) is 11.9 Å². The summed E-state index contributed by atoms with van der Waals surface area (Å²) in [6.45, 7) is 0.939. The zero-order valence-corrected chi connectivity index (χ0v) is 9.46. The molecule has 2 heterocycles. The fourth-order valence-electron chi connectivity index (χ4n) is 2.28. The highest BCUT2D eigenvalue weighted by atomic mass is 19.1. The van der Waals surface area contributed by atoms with Crippen molar-refractivity contribution in [3.8, 4) is 11.3 Å². The maximum absolute atomic E-state index is 13.8. The van der Waals surface area contributed by atoms with Gasteiger partial charge in [-0.15, -0.1) is 0 Å². The van der Waals surface area contributed by atoms with Crippen molar-refractivity contribution < 1.29 is 4.39 Å². The Bertz CT molecular complexity index is 533. The van der Waals surface area contributed by atoms with E-state index in [-0.39, 0.29) is 5.82 Å². The van der Waals surface area contributed by atoms with Gasteiger partial charge < -0.3 is 5.32 Å². The number of hydrogen-bond acceptors (Lipinski definition) is 2. The molecule has 3 rings (SSSR count). The Hall–Kier alpha value is -1.84. The number of nitrogens with zero attached hydrogens (tertiary/aromatic N) is 1. The van der Waals surface area contributed by atoms with E-state index in [1.165, 1.54) is 6.07 Å². The van der Waals surface area contributed by atoms with Crippen LogP contribution in [0.1, 0.15) is 18.4 Å². The monoisotopic (exact) mass is 231 g/mol. The van der Waals surface area contributed by atoms with Crippen LogP contribution >= 0.6 is 0 Å². The summed E-state index contributed by atoms with van der Waals surface area (Å²) in [6, 6.07) is 6.81. The van der Waals surface area contributed by atoms with Crippen LogP contribution in [0.5, 0.6) is 0 Å². The number of hydrogen-bond donors (Lipinski definition) is 2. The normalized spacial score (nSPS) is 14.9. The summed E-state index contributed by atoms with van der Waals surface area (Å²) < 4.78 is 13.8. The van der Waals surface area contributed by atoms with E-state index >= 15 is 0 Å². The number of anilines is 1. The Kier molecular flexibility index (Phi) is 2.55. The predicted octanol–water partition coefficient (Wildman–Crippen LogP) is 2.96.